The lowest BCUT2D eigenvalue weighted by molar-refractivity contribution is 0.278. The number of nitrogens with two attached hydrogens (primary N) is 1. The predicted octanol–water partition coefficient (Wildman–Crippen LogP) is 2.82. The predicted molar refractivity (Wildman–Crippen MR) is 79.0 cm³/mol. The van der Waals surface area contributed by atoms with Gasteiger partial charge in [-0.3, -0.25) is 4.98 Å². The summed E-state index contributed by atoms with van der Waals surface area (Å²) >= 11 is 0. The third kappa shape index (κ3) is 2.31. The quantitative estimate of drug-likeness (QED) is 0.863. The summed E-state index contributed by atoms with van der Waals surface area (Å²) < 4.78 is 0. The van der Waals surface area contributed by atoms with Gasteiger partial charge in [0.1, 0.15) is 0 Å². The Morgan fingerprint density at radius 3 is 2.85 bits per heavy atom. The van der Waals surface area contributed by atoms with E-state index in [1.54, 1.807) is 6.20 Å². The maximum Gasteiger partial charge on any atom is 0.159 e. The Labute approximate surface area is 119 Å². The van der Waals surface area contributed by atoms with Crippen molar-refractivity contribution in [2.45, 2.75) is 39.7 Å². The molecule has 0 bridgehead atoms. The van der Waals surface area contributed by atoms with Crippen molar-refractivity contribution in [1.29, 1.82) is 0 Å². The SMILES string of the molecule is Cc1cnccc1-c1ncc2c(n1)CC(C)(C)CC2N. The van der Waals surface area contributed by atoms with Crippen LogP contribution < -0.4 is 5.73 Å². The first-order chi connectivity index (χ1) is 9.46. The van der Waals surface area contributed by atoms with Gasteiger partial charge in [-0.1, -0.05) is 13.8 Å². The van der Waals surface area contributed by atoms with Crippen LogP contribution in [0.15, 0.2) is 24.7 Å². The molecule has 1 atom stereocenters. The van der Waals surface area contributed by atoms with Crippen molar-refractivity contribution in [2.24, 2.45) is 11.1 Å². The minimum absolute atomic E-state index is 0.0429. The summed E-state index contributed by atoms with van der Waals surface area (Å²) in [5.74, 6) is 0.772. The largest absolute Gasteiger partial charge is 0.324 e. The molecular formula is C16H20N4. The Hall–Kier alpha value is -1.81. The molecule has 0 saturated heterocycles. The summed E-state index contributed by atoms with van der Waals surface area (Å²) in [6, 6.07) is 2.01. The third-order valence-corrected chi connectivity index (χ3v) is 3.98. The topological polar surface area (TPSA) is 64.7 Å². The lowest BCUT2D eigenvalue weighted by atomic mass is 9.74. The molecule has 1 aliphatic carbocycles. The molecule has 0 saturated carbocycles. The number of aryl methyl sites for hydroxylation is 1. The maximum absolute atomic E-state index is 6.25. The highest BCUT2D eigenvalue weighted by atomic mass is 14.9. The molecule has 0 aromatic carbocycles. The minimum atomic E-state index is 0.0429. The molecule has 0 radical (unpaired) electrons. The van der Waals surface area contributed by atoms with Crippen molar-refractivity contribution in [2.75, 3.05) is 0 Å². The summed E-state index contributed by atoms with van der Waals surface area (Å²) in [7, 11) is 0. The number of hydrogen-bond acceptors (Lipinski definition) is 4. The second kappa shape index (κ2) is 4.63. The number of fused-ring (bicyclic) bond motifs is 1. The summed E-state index contributed by atoms with van der Waals surface area (Å²) in [6.07, 6.45) is 7.46. The van der Waals surface area contributed by atoms with E-state index in [1.165, 1.54) is 0 Å². The number of nitrogens with zero attached hydrogens (tertiary/aromatic N) is 3. The normalized spacial score (nSPS) is 20.5. The monoisotopic (exact) mass is 268 g/mol. The van der Waals surface area contributed by atoms with Crippen LogP contribution in [0.5, 0.6) is 0 Å². The Bertz CT molecular complexity index is 649. The Balaban J connectivity index is 2.08. The molecule has 0 fully saturated rings. The number of hydrogen-bond donors (Lipinski definition) is 1. The summed E-state index contributed by atoms with van der Waals surface area (Å²) in [4.78, 5) is 13.4. The van der Waals surface area contributed by atoms with E-state index in [2.05, 4.69) is 23.8 Å². The van der Waals surface area contributed by atoms with Crippen LogP contribution in [-0.2, 0) is 6.42 Å². The summed E-state index contributed by atoms with van der Waals surface area (Å²) in [6.45, 7) is 6.52. The van der Waals surface area contributed by atoms with Gasteiger partial charge in [0.2, 0.25) is 0 Å². The van der Waals surface area contributed by atoms with E-state index in [9.17, 15) is 0 Å². The number of pyridine rings is 1. The van der Waals surface area contributed by atoms with Crippen molar-refractivity contribution < 1.29 is 0 Å². The van der Waals surface area contributed by atoms with E-state index in [4.69, 9.17) is 10.7 Å². The molecule has 104 valence electrons. The number of rotatable bonds is 1. The van der Waals surface area contributed by atoms with Gasteiger partial charge in [-0.05, 0) is 36.8 Å². The van der Waals surface area contributed by atoms with Crippen molar-refractivity contribution in [3.8, 4) is 11.4 Å². The zero-order chi connectivity index (χ0) is 14.3. The summed E-state index contributed by atoms with van der Waals surface area (Å²) in [5.41, 5.74) is 10.8. The van der Waals surface area contributed by atoms with Crippen LogP contribution in [-0.4, -0.2) is 15.0 Å². The van der Waals surface area contributed by atoms with Gasteiger partial charge in [0.05, 0.1) is 0 Å². The molecule has 2 heterocycles. The van der Waals surface area contributed by atoms with Crippen molar-refractivity contribution >= 4 is 0 Å². The molecule has 0 aliphatic heterocycles. The molecule has 0 amide bonds. The molecule has 3 rings (SSSR count). The fourth-order valence-electron chi connectivity index (χ4n) is 2.96. The first-order valence-corrected chi connectivity index (χ1v) is 6.99. The molecule has 2 aromatic rings. The standard InChI is InChI=1S/C16H20N4/c1-10-8-18-5-4-11(10)15-19-9-12-13(17)6-16(2,3)7-14(12)20-15/h4-5,8-9,13H,6-7,17H2,1-3H3. The zero-order valence-electron chi connectivity index (χ0n) is 12.2. The van der Waals surface area contributed by atoms with Gasteiger partial charge < -0.3 is 5.73 Å². The Kier molecular flexibility index (Phi) is 3.05. The van der Waals surface area contributed by atoms with Crippen molar-refractivity contribution in [3.63, 3.8) is 0 Å². The van der Waals surface area contributed by atoms with E-state index in [0.717, 1.165) is 41.1 Å². The van der Waals surface area contributed by atoms with Gasteiger partial charge in [0.15, 0.2) is 5.82 Å². The van der Waals surface area contributed by atoms with Gasteiger partial charge in [-0.2, -0.15) is 0 Å². The van der Waals surface area contributed by atoms with E-state index in [-0.39, 0.29) is 11.5 Å². The second-order valence-electron chi connectivity index (χ2n) is 6.44. The first-order valence-electron chi connectivity index (χ1n) is 6.99. The van der Waals surface area contributed by atoms with Crippen molar-refractivity contribution in [1.82, 2.24) is 15.0 Å². The maximum atomic E-state index is 6.25. The second-order valence-corrected chi connectivity index (χ2v) is 6.44. The molecule has 0 spiro atoms. The fourth-order valence-corrected chi connectivity index (χ4v) is 2.96. The van der Waals surface area contributed by atoms with E-state index in [0.29, 0.717) is 0 Å². The van der Waals surface area contributed by atoms with Crippen molar-refractivity contribution in [3.05, 3.63) is 41.5 Å². The van der Waals surface area contributed by atoms with Gasteiger partial charge in [0.25, 0.3) is 0 Å². The molecule has 1 unspecified atom stereocenters. The fraction of sp³-hybridized carbons (Fsp3) is 0.438. The first kappa shape index (κ1) is 13.2. The highest BCUT2D eigenvalue weighted by Crippen LogP contribution is 2.38. The lowest BCUT2D eigenvalue weighted by Crippen LogP contribution is -2.30. The molecule has 20 heavy (non-hydrogen) atoms. The molecule has 2 aromatic heterocycles. The molecular weight excluding hydrogens is 248 g/mol. The lowest BCUT2D eigenvalue weighted by Gasteiger charge is -2.34. The van der Waals surface area contributed by atoms with E-state index < -0.39 is 0 Å². The molecule has 4 heteroatoms. The van der Waals surface area contributed by atoms with Crippen LogP contribution in [0.2, 0.25) is 0 Å². The molecule has 1 aliphatic rings. The van der Waals surface area contributed by atoms with Gasteiger partial charge in [-0.25, -0.2) is 9.97 Å². The van der Waals surface area contributed by atoms with E-state index in [1.807, 2.05) is 25.4 Å². The average molecular weight is 268 g/mol. The Morgan fingerprint density at radius 1 is 1.30 bits per heavy atom. The van der Waals surface area contributed by atoms with Crippen LogP contribution in [0.25, 0.3) is 11.4 Å². The van der Waals surface area contributed by atoms with Gasteiger partial charge in [0, 0.05) is 41.5 Å². The highest BCUT2D eigenvalue weighted by molar-refractivity contribution is 5.59. The number of aromatic nitrogens is 3. The van der Waals surface area contributed by atoms with Gasteiger partial charge >= 0.3 is 0 Å². The van der Waals surface area contributed by atoms with Crippen LogP contribution in [0, 0.1) is 12.3 Å². The van der Waals surface area contributed by atoms with Crippen LogP contribution >= 0.6 is 0 Å². The third-order valence-electron chi connectivity index (χ3n) is 3.98. The minimum Gasteiger partial charge on any atom is -0.324 e. The zero-order valence-corrected chi connectivity index (χ0v) is 12.2. The highest BCUT2D eigenvalue weighted by Gasteiger charge is 2.31. The molecule has 4 nitrogen and oxygen atoms in total. The van der Waals surface area contributed by atoms with E-state index >= 15 is 0 Å². The van der Waals surface area contributed by atoms with Crippen LogP contribution in [0.4, 0.5) is 0 Å². The smallest absolute Gasteiger partial charge is 0.159 e. The van der Waals surface area contributed by atoms with Gasteiger partial charge in [-0.15, -0.1) is 0 Å². The van der Waals surface area contributed by atoms with Crippen LogP contribution in [0.3, 0.4) is 0 Å². The molecule has 2 N–H and O–H groups in total. The summed E-state index contributed by atoms with van der Waals surface area (Å²) in [5, 5.41) is 0. The Morgan fingerprint density at radius 2 is 2.10 bits per heavy atom. The van der Waals surface area contributed by atoms with Crippen LogP contribution in [0.1, 0.15) is 43.1 Å². The average Bonchev–Trinajstić information content (AvgIpc) is 2.37.